The van der Waals surface area contributed by atoms with Gasteiger partial charge in [0.05, 0.1) is 38.0 Å². The van der Waals surface area contributed by atoms with Gasteiger partial charge in [0, 0.05) is 40.5 Å². The smallest absolute Gasteiger partial charge is 0.335 e. The molecule has 0 aliphatic rings. The fraction of sp³-hybridized carbons (Fsp3) is 0.115. The summed E-state index contributed by atoms with van der Waals surface area (Å²) in [6.45, 7) is 3.72. The minimum Gasteiger partial charge on any atom is -0.478 e. The highest BCUT2D eigenvalue weighted by Crippen LogP contribution is 2.37. The number of fused-ring (bicyclic) bond motifs is 1. The molecule has 0 fully saturated rings. The van der Waals surface area contributed by atoms with E-state index < -0.39 is 5.97 Å². The van der Waals surface area contributed by atoms with E-state index in [-0.39, 0.29) is 15.6 Å². The van der Waals surface area contributed by atoms with E-state index in [1.807, 2.05) is 54.9 Å². The Labute approximate surface area is 215 Å². The molecule has 5 rings (SSSR count). The minimum atomic E-state index is -1.11. The van der Waals surface area contributed by atoms with Gasteiger partial charge in [-0.2, -0.15) is 0 Å². The second-order valence-electron chi connectivity index (χ2n) is 8.18. The fourth-order valence-corrected chi connectivity index (χ4v) is 5.15. The lowest BCUT2D eigenvalue weighted by molar-refractivity contribution is 0.0697. The predicted octanol–water partition coefficient (Wildman–Crippen LogP) is 7.55. The van der Waals surface area contributed by atoms with E-state index in [2.05, 4.69) is 5.16 Å². The van der Waals surface area contributed by atoms with Crippen LogP contribution >= 0.6 is 34.8 Å². The Morgan fingerprint density at radius 1 is 1.03 bits per heavy atom. The van der Waals surface area contributed by atoms with Crippen molar-refractivity contribution in [2.45, 2.75) is 20.3 Å². The van der Waals surface area contributed by atoms with Gasteiger partial charge in [0.2, 0.25) is 0 Å². The zero-order chi connectivity index (χ0) is 24.9. The summed E-state index contributed by atoms with van der Waals surface area (Å²) in [4.78, 5) is 16.3. The van der Waals surface area contributed by atoms with Crippen molar-refractivity contribution >= 4 is 51.8 Å². The number of benzene rings is 2. The first-order chi connectivity index (χ1) is 16.7. The molecule has 3 heterocycles. The van der Waals surface area contributed by atoms with Gasteiger partial charge in [-0.1, -0.05) is 58.2 Å². The molecule has 3 aromatic heterocycles. The maximum absolute atomic E-state index is 11.5. The van der Waals surface area contributed by atoms with Gasteiger partial charge in [0.25, 0.3) is 0 Å². The van der Waals surface area contributed by atoms with Crippen LogP contribution in [0.1, 0.15) is 32.9 Å². The predicted molar refractivity (Wildman–Crippen MR) is 137 cm³/mol. The van der Waals surface area contributed by atoms with Gasteiger partial charge in [-0.15, -0.1) is 0 Å². The third-order valence-electron chi connectivity index (χ3n) is 5.88. The zero-order valence-corrected chi connectivity index (χ0v) is 20.9. The third kappa shape index (κ3) is 4.18. The second-order valence-corrected chi connectivity index (χ2v) is 9.40. The summed E-state index contributed by atoms with van der Waals surface area (Å²) in [5, 5.41) is 14.5. The summed E-state index contributed by atoms with van der Waals surface area (Å²) in [5.74, 6) is -0.431. The molecule has 2 aromatic carbocycles. The molecule has 0 radical (unpaired) electrons. The lowest BCUT2D eigenvalue weighted by atomic mass is 10.0. The number of carboxylic acid groups (broad SMARTS) is 1. The quantitative estimate of drug-likeness (QED) is 0.256. The first kappa shape index (κ1) is 23.4. The van der Waals surface area contributed by atoms with Crippen LogP contribution in [0, 0.1) is 13.8 Å². The molecule has 0 atom stereocenters. The van der Waals surface area contributed by atoms with E-state index in [4.69, 9.17) is 44.3 Å². The topological polar surface area (TPSA) is 81.2 Å². The fourth-order valence-electron chi connectivity index (χ4n) is 4.28. The monoisotopic (exact) mass is 525 g/mol. The van der Waals surface area contributed by atoms with E-state index >= 15 is 0 Å². The van der Waals surface area contributed by atoms with Gasteiger partial charge in [-0.25, -0.2) is 4.79 Å². The van der Waals surface area contributed by atoms with Crippen molar-refractivity contribution < 1.29 is 14.4 Å². The molecule has 35 heavy (non-hydrogen) atoms. The second kappa shape index (κ2) is 9.04. The van der Waals surface area contributed by atoms with Crippen molar-refractivity contribution in [1.29, 1.82) is 0 Å². The number of halogens is 3. The number of pyridine rings is 1. The normalized spacial score (nSPS) is 11.3. The van der Waals surface area contributed by atoms with Crippen molar-refractivity contribution in [3.8, 4) is 16.8 Å². The average Bonchev–Trinajstić information content (AvgIpc) is 3.33. The Morgan fingerprint density at radius 3 is 2.37 bits per heavy atom. The maximum atomic E-state index is 11.5. The molecule has 0 bridgehead atoms. The molecule has 5 aromatic rings. The van der Waals surface area contributed by atoms with E-state index in [0.717, 1.165) is 39.0 Å². The molecule has 0 spiro atoms. The lowest BCUT2D eigenvalue weighted by Crippen LogP contribution is -2.01. The van der Waals surface area contributed by atoms with Gasteiger partial charge in [-0.05, 0) is 43.7 Å². The number of aryl methyl sites for hydroxylation is 2. The summed E-state index contributed by atoms with van der Waals surface area (Å²) < 4.78 is 7.19. The van der Waals surface area contributed by atoms with Crippen LogP contribution in [0.2, 0.25) is 15.1 Å². The molecule has 0 saturated heterocycles. The summed E-state index contributed by atoms with van der Waals surface area (Å²) in [5.41, 5.74) is 6.25. The molecule has 0 aliphatic heterocycles. The number of aromatic nitrogens is 3. The molecule has 1 N–H and O–H groups in total. The first-order valence-electron chi connectivity index (χ1n) is 10.6. The molecule has 9 heteroatoms. The van der Waals surface area contributed by atoms with Crippen molar-refractivity contribution in [1.82, 2.24) is 14.7 Å². The molecular weight excluding hydrogens is 509 g/mol. The highest BCUT2D eigenvalue weighted by Gasteiger charge is 2.21. The third-order valence-corrected chi connectivity index (χ3v) is 6.83. The number of aromatic carboxylic acids is 1. The highest BCUT2D eigenvalue weighted by molar-refractivity contribution is 6.38. The molecular formula is C26H18Cl3N3O3. The Kier molecular flexibility index (Phi) is 6.05. The van der Waals surface area contributed by atoms with Crippen LogP contribution in [-0.2, 0) is 6.42 Å². The zero-order valence-electron chi connectivity index (χ0n) is 18.6. The standard InChI is InChI=1S/C26H18Cl3N3O3/c1-13-23(14(2)35-31-13)17-10-22-24(30-11-17)18(7-15-5-3-4-6-19(15)27)12-32(22)25-20(28)8-16(26(33)34)9-21(25)29/h3-6,8-12H,7H2,1-2H3,(H,33,34). The first-order valence-corrected chi connectivity index (χ1v) is 11.8. The Morgan fingerprint density at radius 2 is 1.74 bits per heavy atom. The van der Waals surface area contributed by atoms with E-state index in [1.54, 1.807) is 6.20 Å². The van der Waals surface area contributed by atoms with Crippen LogP contribution in [0.4, 0.5) is 0 Å². The van der Waals surface area contributed by atoms with Crippen LogP contribution in [-0.4, -0.2) is 25.8 Å². The van der Waals surface area contributed by atoms with Gasteiger partial charge in [-0.3, -0.25) is 4.98 Å². The number of rotatable bonds is 5. The average molecular weight is 527 g/mol. The Bertz CT molecular complexity index is 1580. The number of hydrogen-bond donors (Lipinski definition) is 1. The minimum absolute atomic E-state index is 0.00559. The molecule has 0 saturated carbocycles. The van der Waals surface area contributed by atoms with E-state index in [9.17, 15) is 9.90 Å². The van der Waals surface area contributed by atoms with E-state index in [1.165, 1.54) is 12.1 Å². The molecule has 176 valence electrons. The number of hydrogen-bond acceptors (Lipinski definition) is 4. The largest absolute Gasteiger partial charge is 0.478 e. The molecule has 0 unspecified atom stereocenters. The molecule has 0 aliphatic carbocycles. The Balaban J connectivity index is 1.77. The highest BCUT2D eigenvalue weighted by atomic mass is 35.5. The van der Waals surface area contributed by atoms with Crippen LogP contribution in [0.5, 0.6) is 0 Å². The van der Waals surface area contributed by atoms with Gasteiger partial charge < -0.3 is 14.2 Å². The van der Waals surface area contributed by atoms with Crippen LogP contribution in [0.15, 0.2) is 59.4 Å². The van der Waals surface area contributed by atoms with Gasteiger partial charge >= 0.3 is 5.97 Å². The summed E-state index contributed by atoms with van der Waals surface area (Å²) in [6, 6.07) is 12.4. The van der Waals surface area contributed by atoms with Crippen molar-refractivity contribution in [2.75, 3.05) is 0 Å². The lowest BCUT2D eigenvalue weighted by Gasteiger charge is -2.12. The van der Waals surface area contributed by atoms with Gasteiger partial charge in [0.15, 0.2) is 0 Å². The van der Waals surface area contributed by atoms with Crippen molar-refractivity contribution in [3.63, 3.8) is 0 Å². The van der Waals surface area contributed by atoms with E-state index in [0.29, 0.717) is 22.9 Å². The summed E-state index contributed by atoms with van der Waals surface area (Å²) in [7, 11) is 0. The van der Waals surface area contributed by atoms with Crippen molar-refractivity contribution in [3.05, 3.63) is 98.1 Å². The molecule has 0 amide bonds. The number of carbonyl (C=O) groups is 1. The van der Waals surface area contributed by atoms with Crippen LogP contribution < -0.4 is 0 Å². The number of nitrogens with zero attached hydrogens (tertiary/aromatic N) is 3. The maximum Gasteiger partial charge on any atom is 0.335 e. The van der Waals surface area contributed by atoms with Crippen LogP contribution in [0.25, 0.3) is 27.8 Å². The summed E-state index contributed by atoms with van der Waals surface area (Å²) >= 11 is 19.6. The number of carboxylic acids is 1. The van der Waals surface area contributed by atoms with Crippen LogP contribution in [0.3, 0.4) is 0 Å². The summed E-state index contributed by atoms with van der Waals surface area (Å²) in [6.07, 6.45) is 4.22. The van der Waals surface area contributed by atoms with Gasteiger partial charge in [0.1, 0.15) is 5.76 Å². The molecule has 6 nitrogen and oxygen atoms in total. The Hall–Kier alpha value is -3.32. The SMILES string of the molecule is Cc1noc(C)c1-c1cnc2c(Cc3ccccc3Cl)cn(-c3c(Cl)cc(C(=O)O)cc3Cl)c2c1. The van der Waals surface area contributed by atoms with Crippen molar-refractivity contribution in [2.24, 2.45) is 0 Å².